The SMILES string of the molecule is CCN(CC(=O)Nc1ccc(NC(C)=O)cc1)C(C)C(=O)Nc1ccc(Cl)cc1C(F)(F)F. The van der Waals surface area contributed by atoms with E-state index < -0.39 is 35.3 Å². The number of likely N-dealkylation sites (N-methyl/N-ethyl adjacent to an activating group) is 1. The summed E-state index contributed by atoms with van der Waals surface area (Å²) in [5.41, 5.74) is -0.415. The molecule has 3 N–H and O–H groups in total. The van der Waals surface area contributed by atoms with Crippen LogP contribution in [-0.2, 0) is 20.6 Å². The Kier molecular flexibility index (Phi) is 8.84. The fourth-order valence-electron chi connectivity index (χ4n) is 3.01. The molecule has 11 heteroatoms. The molecule has 2 aromatic carbocycles. The lowest BCUT2D eigenvalue weighted by Gasteiger charge is -2.26. The first kappa shape index (κ1) is 26.1. The average Bonchev–Trinajstić information content (AvgIpc) is 2.73. The zero-order chi connectivity index (χ0) is 24.8. The maximum absolute atomic E-state index is 13.3. The van der Waals surface area contributed by atoms with Crippen molar-refractivity contribution in [3.63, 3.8) is 0 Å². The van der Waals surface area contributed by atoms with Crippen molar-refractivity contribution >= 4 is 46.4 Å². The summed E-state index contributed by atoms with van der Waals surface area (Å²) in [6, 6.07) is 8.64. The monoisotopic (exact) mass is 484 g/mol. The maximum atomic E-state index is 13.3. The molecule has 0 spiro atoms. The smallest absolute Gasteiger partial charge is 0.326 e. The summed E-state index contributed by atoms with van der Waals surface area (Å²) < 4.78 is 39.8. The number of anilines is 3. The summed E-state index contributed by atoms with van der Waals surface area (Å²) in [5, 5.41) is 7.46. The fraction of sp³-hybridized carbons (Fsp3) is 0.318. The molecule has 0 aliphatic carbocycles. The number of hydrogen-bond donors (Lipinski definition) is 3. The Bertz CT molecular complexity index is 1010. The molecule has 0 fully saturated rings. The fourth-order valence-corrected chi connectivity index (χ4v) is 3.18. The molecule has 1 atom stereocenters. The third kappa shape index (κ3) is 7.76. The van der Waals surface area contributed by atoms with Crippen LogP contribution in [0, 0.1) is 0 Å². The van der Waals surface area contributed by atoms with Crippen LogP contribution >= 0.6 is 11.6 Å². The van der Waals surface area contributed by atoms with E-state index in [9.17, 15) is 27.6 Å². The molecule has 33 heavy (non-hydrogen) atoms. The largest absolute Gasteiger partial charge is 0.418 e. The third-order valence-electron chi connectivity index (χ3n) is 4.71. The second-order valence-electron chi connectivity index (χ2n) is 7.22. The van der Waals surface area contributed by atoms with Crippen LogP contribution in [0.4, 0.5) is 30.2 Å². The van der Waals surface area contributed by atoms with E-state index in [-0.39, 0.29) is 17.5 Å². The van der Waals surface area contributed by atoms with Gasteiger partial charge in [-0.25, -0.2) is 0 Å². The average molecular weight is 485 g/mol. The lowest BCUT2D eigenvalue weighted by atomic mass is 10.1. The van der Waals surface area contributed by atoms with Gasteiger partial charge in [0.25, 0.3) is 0 Å². The van der Waals surface area contributed by atoms with Gasteiger partial charge in [0.05, 0.1) is 23.8 Å². The molecule has 2 rings (SSSR count). The molecule has 7 nitrogen and oxygen atoms in total. The molecule has 0 aliphatic rings. The summed E-state index contributed by atoms with van der Waals surface area (Å²) in [7, 11) is 0. The van der Waals surface area contributed by atoms with Crippen LogP contribution in [0.25, 0.3) is 0 Å². The Morgan fingerprint density at radius 2 is 1.58 bits per heavy atom. The molecule has 1 unspecified atom stereocenters. The van der Waals surface area contributed by atoms with Crippen LogP contribution in [0.5, 0.6) is 0 Å². The van der Waals surface area contributed by atoms with Crippen molar-refractivity contribution in [3.05, 3.63) is 53.1 Å². The van der Waals surface area contributed by atoms with Crippen molar-refractivity contribution in [2.45, 2.75) is 33.0 Å². The van der Waals surface area contributed by atoms with E-state index in [2.05, 4.69) is 16.0 Å². The Balaban J connectivity index is 2.03. The Morgan fingerprint density at radius 1 is 1.00 bits per heavy atom. The molecule has 0 bridgehead atoms. The van der Waals surface area contributed by atoms with Gasteiger partial charge in [0, 0.05) is 23.3 Å². The van der Waals surface area contributed by atoms with Crippen molar-refractivity contribution in [2.24, 2.45) is 0 Å². The van der Waals surface area contributed by atoms with Crippen LogP contribution < -0.4 is 16.0 Å². The minimum Gasteiger partial charge on any atom is -0.326 e. The van der Waals surface area contributed by atoms with Crippen molar-refractivity contribution in [3.8, 4) is 0 Å². The molecule has 2 aromatic rings. The molecule has 0 saturated carbocycles. The number of nitrogens with one attached hydrogen (secondary N) is 3. The van der Waals surface area contributed by atoms with Crippen molar-refractivity contribution in [2.75, 3.05) is 29.0 Å². The van der Waals surface area contributed by atoms with Gasteiger partial charge in [-0.15, -0.1) is 0 Å². The predicted octanol–water partition coefficient (Wildman–Crippen LogP) is 4.60. The van der Waals surface area contributed by atoms with Crippen molar-refractivity contribution in [1.82, 2.24) is 4.90 Å². The summed E-state index contributed by atoms with van der Waals surface area (Å²) in [6.45, 7) is 4.74. The van der Waals surface area contributed by atoms with E-state index in [0.717, 1.165) is 12.1 Å². The molecule has 0 aromatic heterocycles. The number of rotatable bonds is 8. The highest BCUT2D eigenvalue weighted by molar-refractivity contribution is 6.30. The highest BCUT2D eigenvalue weighted by Gasteiger charge is 2.35. The van der Waals surface area contributed by atoms with Crippen molar-refractivity contribution < 1.29 is 27.6 Å². The molecule has 0 saturated heterocycles. The summed E-state index contributed by atoms with van der Waals surface area (Å²) >= 11 is 5.67. The molecule has 0 radical (unpaired) electrons. The number of alkyl halides is 3. The lowest BCUT2D eigenvalue weighted by Crippen LogP contribution is -2.45. The second-order valence-corrected chi connectivity index (χ2v) is 7.66. The minimum absolute atomic E-state index is 0.106. The normalized spacial score (nSPS) is 12.2. The minimum atomic E-state index is -4.70. The van der Waals surface area contributed by atoms with E-state index in [1.54, 1.807) is 31.2 Å². The highest BCUT2D eigenvalue weighted by atomic mass is 35.5. The zero-order valence-corrected chi connectivity index (χ0v) is 19.0. The predicted molar refractivity (Wildman–Crippen MR) is 121 cm³/mol. The molecular formula is C22H24ClF3N4O3. The first-order valence-electron chi connectivity index (χ1n) is 10.00. The van der Waals surface area contributed by atoms with Crippen LogP contribution in [0.3, 0.4) is 0 Å². The van der Waals surface area contributed by atoms with Crippen LogP contribution in [0.1, 0.15) is 26.3 Å². The van der Waals surface area contributed by atoms with Gasteiger partial charge in [-0.05, 0) is 55.9 Å². The summed E-state index contributed by atoms with van der Waals surface area (Å²) in [5.74, 6) is -1.33. The Morgan fingerprint density at radius 3 is 2.09 bits per heavy atom. The molecule has 0 aliphatic heterocycles. The third-order valence-corrected chi connectivity index (χ3v) is 4.95. The van der Waals surface area contributed by atoms with E-state index >= 15 is 0 Å². The van der Waals surface area contributed by atoms with Gasteiger partial charge >= 0.3 is 6.18 Å². The van der Waals surface area contributed by atoms with Crippen LogP contribution in [0.15, 0.2) is 42.5 Å². The van der Waals surface area contributed by atoms with Gasteiger partial charge in [0.2, 0.25) is 17.7 Å². The lowest BCUT2D eigenvalue weighted by molar-refractivity contribution is -0.137. The quantitative estimate of drug-likeness (QED) is 0.510. The van der Waals surface area contributed by atoms with Crippen molar-refractivity contribution in [1.29, 1.82) is 0 Å². The van der Waals surface area contributed by atoms with E-state index in [1.807, 2.05) is 0 Å². The topological polar surface area (TPSA) is 90.5 Å². The molecule has 0 heterocycles. The number of halogens is 4. The number of carbonyl (C=O) groups excluding carboxylic acids is 3. The van der Waals surface area contributed by atoms with E-state index in [0.29, 0.717) is 17.9 Å². The number of hydrogen-bond acceptors (Lipinski definition) is 4. The summed E-state index contributed by atoms with van der Waals surface area (Å²) in [4.78, 5) is 37.6. The Labute approximate surface area is 194 Å². The van der Waals surface area contributed by atoms with Crippen LogP contribution in [0.2, 0.25) is 5.02 Å². The first-order chi connectivity index (χ1) is 15.4. The second kappa shape index (κ2) is 11.2. The van der Waals surface area contributed by atoms with Gasteiger partial charge < -0.3 is 16.0 Å². The first-order valence-corrected chi connectivity index (χ1v) is 10.4. The van der Waals surface area contributed by atoms with Gasteiger partial charge in [-0.2, -0.15) is 13.2 Å². The Hall–Kier alpha value is -3.11. The summed E-state index contributed by atoms with van der Waals surface area (Å²) in [6.07, 6.45) is -4.70. The van der Waals surface area contributed by atoms with E-state index in [4.69, 9.17) is 11.6 Å². The standard InChI is InChI=1S/C22H24ClF3N4O3/c1-4-30(12-20(32)28-17-8-6-16(7-9-17)27-14(3)31)13(2)21(33)29-19-10-5-15(23)11-18(19)22(24,25)26/h5-11,13H,4,12H2,1-3H3,(H,27,31)(H,28,32)(H,29,33). The highest BCUT2D eigenvalue weighted by Crippen LogP contribution is 2.36. The maximum Gasteiger partial charge on any atom is 0.418 e. The van der Waals surface area contributed by atoms with Gasteiger partial charge in [0.1, 0.15) is 0 Å². The molecular weight excluding hydrogens is 461 g/mol. The zero-order valence-electron chi connectivity index (χ0n) is 18.2. The molecule has 178 valence electrons. The van der Waals surface area contributed by atoms with Gasteiger partial charge in [0.15, 0.2) is 0 Å². The molecule has 3 amide bonds. The van der Waals surface area contributed by atoms with Crippen LogP contribution in [-0.4, -0.2) is 41.8 Å². The number of benzene rings is 2. The van der Waals surface area contributed by atoms with Gasteiger partial charge in [-0.1, -0.05) is 18.5 Å². The van der Waals surface area contributed by atoms with Gasteiger partial charge in [-0.3, -0.25) is 19.3 Å². The number of amides is 3. The number of carbonyl (C=O) groups is 3. The number of nitrogens with zero attached hydrogens (tertiary/aromatic N) is 1. The van der Waals surface area contributed by atoms with E-state index in [1.165, 1.54) is 24.8 Å².